The lowest BCUT2D eigenvalue weighted by Crippen LogP contribution is -2.33. The highest BCUT2D eigenvalue weighted by atomic mass is 15.2. The van der Waals surface area contributed by atoms with Crippen LogP contribution in [-0.4, -0.2) is 22.4 Å². The maximum atomic E-state index is 4.22. The molecule has 0 spiro atoms. The smallest absolute Gasteiger partial charge is 0.0522 e. The summed E-state index contributed by atoms with van der Waals surface area (Å²) < 4.78 is 1.88. The quantitative estimate of drug-likeness (QED) is 0.769. The Balaban J connectivity index is 2.48. The minimum Gasteiger partial charge on any atom is -0.314 e. The van der Waals surface area contributed by atoms with E-state index in [2.05, 4.69) is 37.4 Å². The summed E-state index contributed by atoms with van der Waals surface area (Å²) in [5, 5.41) is 7.84. The van der Waals surface area contributed by atoms with Gasteiger partial charge < -0.3 is 5.32 Å². The van der Waals surface area contributed by atoms with Gasteiger partial charge in [0.15, 0.2) is 0 Å². The van der Waals surface area contributed by atoms with E-state index in [0.717, 1.165) is 18.9 Å². The number of rotatable bonds is 7. The monoisotopic (exact) mass is 223 g/mol. The fraction of sp³-hybridized carbons (Fsp3) is 0.769. The normalized spacial score (nSPS) is 13.3. The zero-order valence-corrected chi connectivity index (χ0v) is 11.0. The minimum absolute atomic E-state index is 0.587. The van der Waals surface area contributed by atoms with Crippen molar-refractivity contribution in [3.8, 4) is 0 Å². The molecular weight excluding hydrogens is 198 g/mol. The molecule has 1 unspecified atom stereocenters. The first-order valence-electron chi connectivity index (χ1n) is 6.32. The maximum absolute atomic E-state index is 4.22. The summed E-state index contributed by atoms with van der Waals surface area (Å²) in [6.07, 6.45) is 7.60. The van der Waals surface area contributed by atoms with E-state index in [1.54, 1.807) is 0 Å². The predicted molar refractivity (Wildman–Crippen MR) is 68.4 cm³/mol. The van der Waals surface area contributed by atoms with E-state index < -0.39 is 0 Å². The molecule has 3 nitrogen and oxygen atoms in total. The molecule has 0 aromatic carbocycles. The number of nitrogens with zero attached hydrogens (tertiary/aromatic N) is 2. The van der Waals surface area contributed by atoms with Crippen molar-refractivity contribution in [2.24, 2.45) is 13.0 Å². The number of hydrogen-bond donors (Lipinski definition) is 1. The van der Waals surface area contributed by atoms with Crippen LogP contribution < -0.4 is 5.32 Å². The zero-order valence-electron chi connectivity index (χ0n) is 11.0. The zero-order chi connectivity index (χ0) is 12.0. The van der Waals surface area contributed by atoms with Gasteiger partial charge in [0.05, 0.1) is 6.20 Å². The summed E-state index contributed by atoms with van der Waals surface area (Å²) in [6, 6.07) is 0.587. The van der Waals surface area contributed by atoms with Crippen LogP contribution in [0.2, 0.25) is 0 Å². The van der Waals surface area contributed by atoms with E-state index in [1.807, 2.05) is 17.9 Å². The van der Waals surface area contributed by atoms with Crippen molar-refractivity contribution in [2.75, 3.05) is 6.54 Å². The summed E-state index contributed by atoms with van der Waals surface area (Å²) in [4.78, 5) is 0. The first-order chi connectivity index (χ1) is 7.61. The standard InChI is InChI=1S/C13H25N3/c1-5-6-14-13(7-11(2)3)8-12-9-15-16(4)10-12/h9-11,13-14H,5-8H2,1-4H3. The molecule has 1 N–H and O–H groups in total. The van der Waals surface area contributed by atoms with Crippen LogP contribution in [0, 0.1) is 5.92 Å². The van der Waals surface area contributed by atoms with E-state index in [9.17, 15) is 0 Å². The Hall–Kier alpha value is -0.830. The Morgan fingerprint density at radius 1 is 1.44 bits per heavy atom. The SMILES string of the molecule is CCCNC(Cc1cnn(C)c1)CC(C)C. The lowest BCUT2D eigenvalue weighted by Gasteiger charge is -2.19. The average Bonchev–Trinajstić information content (AvgIpc) is 2.59. The van der Waals surface area contributed by atoms with Gasteiger partial charge in [0, 0.05) is 19.3 Å². The van der Waals surface area contributed by atoms with E-state index in [-0.39, 0.29) is 0 Å². The van der Waals surface area contributed by atoms with Crippen molar-refractivity contribution in [1.29, 1.82) is 0 Å². The largest absolute Gasteiger partial charge is 0.314 e. The highest BCUT2D eigenvalue weighted by Crippen LogP contribution is 2.10. The van der Waals surface area contributed by atoms with Gasteiger partial charge in [-0.25, -0.2) is 0 Å². The molecule has 1 heterocycles. The summed E-state index contributed by atoms with van der Waals surface area (Å²) in [5.74, 6) is 0.742. The minimum atomic E-state index is 0.587. The molecule has 1 aromatic rings. The Kier molecular flexibility index (Phi) is 5.53. The first kappa shape index (κ1) is 13.2. The number of aryl methyl sites for hydroxylation is 1. The Morgan fingerprint density at radius 2 is 2.19 bits per heavy atom. The van der Waals surface area contributed by atoms with Crippen molar-refractivity contribution in [2.45, 2.75) is 46.1 Å². The van der Waals surface area contributed by atoms with Crippen molar-refractivity contribution in [1.82, 2.24) is 15.1 Å². The molecule has 0 aliphatic rings. The fourth-order valence-electron chi connectivity index (χ4n) is 2.02. The summed E-state index contributed by atoms with van der Waals surface area (Å²) in [6.45, 7) is 7.88. The van der Waals surface area contributed by atoms with Gasteiger partial charge in [-0.1, -0.05) is 20.8 Å². The van der Waals surface area contributed by atoms with Crippen LogP contribution in [-0.2, 0) is 13.5 Å². The Morgan fingerprint density at radius 3 is 2.69 bits per heavy atom. The summed E-state index contributed by atoms with van der Waals surface area (Å²) >= 11 is 0. The van der Waals surface area contributed by atoms with Crippen LogP contribution >= 0.6 is 0 Å². The van der Waals surface area contributed by atoms with Crippen LogP contribution in [0.5, 0.6) is 0 Å². The van der Waals surface area contributed by atoms with Crippen LogP contribution in [0.1, 0.15) is 39.2 Å². The summed E-state index contributed by atoms with van der Waals surface area (Å²) in [5.41, 5.74) is 1.33. The molecule has 1 aromatic heterocycles. The molecule has 0 bridgehead atoms. The molecule has 0 radical (unpaired) electrons. The van der Waals surface area contributed by atoms with Crippen molar-refractivity contribution < 1.29 is 0 Å². The molecule has 0 saturated carbocycles. The van der Waals surface area contributed by atoms with Gasteiger partial charge in [0.25, 0.3) is 0 Å². The summed E-state index contributed by atoms with van der Waals surface area (Å²) in [7, 11) is 1.97. The number of nitrogens with one attached hydrogen (secondary N) is 1. The average molecular weight is 223 g/mol. The van der Waals surface area contributed by atoms with Crippen LogP contribution in [0.25, 0.3) is 0 Å². The first-order valence-corrected chi connectivity index (χ1v) is 6.32. The van der Waals surface area contributed by atoms with Gasteiger partial charge >= 0.3 is 0 Å². The highest BCUT2D eigenvalue weighted by molar-refractivity contribution is 5.06. The number of aromatic nitrogens is 2. The van der Waals surface area contributed by atoms with Gasteiger partial charge in [-0.2, -0.15) is 5.10 Å². The molecule has 1 rings (SSSR count). The van der Waals surface area contributed by atoms with Crippen molar-refractivity contribution in [3.05, 3.63) is 18.0 Å². The molecule has 16 heavy (non-hydrogen) atoms. The van der Waals surface area contributed by atoms with Gasteiger partial charge in [-0.05, 0) is 37.3 Å². The van der Waals surface area contributed by atoms with Gasteiger partial charge in [-0.15, -0.1) is 0 Å². The molecule has 0 aliphatic carbocycles. The Labute approximate surface area is 99.2 Å². The lowest BCUT2D eigenvalue weighted by molar-refractivity contribution is 0.416. The van der Waals surface area contributed by atoms with Crippen molar-refractivity contribution >= 4 is 0 Å². The highest BCUT2D eigenvalue weighted by Gasteiger charge is 2.11. The predicted octanol–water partition coefficient (Wildman–Crippen LogP) is 2.38. The third kappa shape index (κ3) is 4.79. The molecule has 1 atom stereocenters. The Bertz CT molecular complexity index is 291. The van der Waals surface area contributed by atoms with Crippen LogP contribution in [0.15, 0.2) is 12.4 Å². The van der Waals surface area contributed by atoms with E-state index in [1.165, 1.54) is 18.4 Å². The van der Waals surface area contributed by atoms with Gasteiger partial charge in [-0.3, -0.25) is 4.68 Å². The van der Waals surface area contributed by atoms with Gasteiger partial charge in [0.1, 0.15) is 0 Å². The molecular formula is C13H25N3. The molecule has 92 valence electrons. The lowest BCUT2D eigenvalue weighted by atomic mass is 9.98. The topological polar surface area (TPSA) is 29.9 Å². The second-order valence-electron chi connectivity index (χ2n) is 5.01. The molecule has 0 saturated heterocycles. The second-order valence-corrected chi connectivity index (χ2v) is 5.01. The van der Waals surface area contributed by atoms with Crippen molar-refractivity contribution in [3.63, 3.8) is 0 Å². The second kappa shape index (κ2) is 6.69. The third-order valence-electron chi connectivity index (χ3n) is 2.68. The fourth-order valence-corrected chi connectivity index (χ4v) is 2.02. The van der Waals surface area contributed by atoms with E-state index in [0.29, 0.717) is 6.04 Å². The number of hydrogen-bond acceptors (Lipinski definition) is 2. The van der Waals surface area contributed by atoms with E-state index >= 15 is 0 Å². The molecule has 0 aliphatic heterocycles. The molecule has 0 fully saturated rings. The third-order valence-corrected chi connectivity index (χ3v) is 2.68. The van der Waals surface area contributed by atoms with E-state index in [4.69, 9.17) is 0 Å². The van der Waals surface area contributed by atoms with Crippen LogP contribution in [0.3, 0.4) is 0 Å². The van der Waals surface area contributed by atoms with Gasteiger partial charge in [0.2, 0.25) is 0 Å². The molecule has 0 amide bonds. The van der Waals surface area contributed by atoms with Crippen LogP contribution in [0.4, 0.5) is 0 Å². The maximum Gasteiger partial charge on any atom is 0.0522 e. The molecule has 3 heteroatoms.